The van der Waals surface area contributed by atoms with Crippen LogP contribution in [0.1, 0.15) is 0 Å². The molecule has 3 rings (SSSR count). The van der Waals surface area contributed by atoms with Crippen LogP contribution >= 0.6 is 22.6 Å². The number of hydrogen-bond donors (Lipinski definition) is 1. The highest BCUT2D eigenvalue weighted by atomic mass is 127. The molecule has 2 fully saturated rings. The molecule has 0 amide bonds. The van der Waals surface area contributed by atoms with E-state index < -0.39 is 0 Å². The largest absolute Gasteiger partial charge is 0.356 e. The molecule has 0 unspecified atom stereocenters. The Morgan fingerprint density at radius 3 is 2.60 bits per heavy atom. The van der Waals surface area contributed by atoms with E-state index in [4.69, 9.17) is 0 Å². The quantitative estimate of drug-likeness (QED) is 0.793. The number of fused-ring (bicyclic) bond motifs is 1. The lowest BCUT2D eigenvalue weighted by Gasteiger charge is -2.18. The SMILES string of the molecule is Ic1ccc(N2C[C@H]3CNC[C@H]3C2)nc1. The highest BCUT2D eigenvalue weighted by Crippen LogP contribution is 2.29. The number of rotatable bonds is 1. The molecule has 1 N–H and O–H groups in total. The van der Waals surface area contributed by atoms with Gasteiger partial charge in [0.05, 0.1) is 0 Å². The first-order valence-corrected chi connectivity index (χ1v) is 6.48. The van der Waals surface area contributed by atoms with Gasteiger partial charge < -0.3 is 10.2 Å². The van der Waals surface area contributed by atoms with Crippen molar-refractivity contribution in [1.82, 2.24) is 10.3 Å². The van der Waals surface area contributed by atoms with Gasteiger partial charge in [-0.2, -0.15) is 0 Å². The number of nitrogens with zero attached hydrogens (tertiary/aromatic N) is 2. The van der Waals surface area contributed by atoms with E-state index in [1.807, 2.05) is 6.20 Å². The fraction of sp³-hybridized carbons (Fsp3) is 0.545. The monoisotopic (exact) mass is 315 g/mol. The normalized spacial score (nSPS) is 29.5. The summed E-state index contributed by atoms with van der Waals surface area (Å²) in [6.45, 7) is 4.72. The highest BCUT2D eigenvalue weighted by molar-refractivity contribution is 14.1. The molecule has 2 aliphatic heterocycles. The zero-order chi connectivity index (χ0) is 10.3. The summed E-state index contributed by atoms with van der Waals surface area (Å²) in [5.41, 5.74) is 0. The van der Waals surface area contributed by atoms with Crippen LogP contribution in [0.25, 0.3) is 0 Å². The zero-order valence-corrected chi connectivity index (χ0v) is 10.6. The Hall–Kier alpha value is -0.360. The molecule has 3 heterocycles. The number of aromatic nitrogens is 1. The number of halogens is 1. The molecule has 15 heavy (non-hydrogen) atoms. The molecule has 2 aliphatic rings. The van der Waals surface area contributed by atoms with E-state index in [-0.39, 0.29) is 0 Å². The van der Waals surface area contributed by atoms with E-state index in [0.29, 0.717) is 0 Å². The van der Waals surface area contributed by atoms with Gasteiger partial charge in [0, 0.05) is 35.9 Å². The van der Waals surface area contributed by atoms with Crippen molar-refractivity contribution in [1.29, 1.82) is 0 Å². The lowest BCUT2D eigenvalue weighted by Crippen LogP contribution is -2.26. The molecule has 2 atom stereocenters. The fourth-order valence-electron chi connectivity index (χ4n) is 2.60. The Morgan fingerprint density at radius 2 is 2.00 bits per heavy atom. The fourth-order valence-corrected chi connectivity index (χ4v) is 2.92. The van der Waals surface area contributed by atoms with Gasteiger partial charge in [-0.15, -0.1) is 0 Å². The number of hydrogen-bond acceptors (Lipinski definition) is 3. The number of nitrogens with one attached hydrogen (secondary N) is 1. The first-order valence-electron chi connectivity index (χ1n) is 5.40. The van der Waals surface area contributed by atoms with Crippen molar-refractivity contribution in [3.05, 3.63) is 21.9 Å². The van der Waals surface area contributed by atoms with Gasteiger partial charge in [-0.05, 0) is 46.6 Å². The molecule has 3 nitrogen and oxygen atoms in total. The number of pyridine rings is 1. The second kappa shape index (κ2) is 3.90. The molecule has 2 saturated heterocycles. The maximum Gasteiger partial charge on any atom is 0.128 e. The van der Waals surface area contributed by atoms with Gasteiger partial charge in [-0.25, -0.2) is 4.98 Å². The third-order valence-electron chi connectivity index (χ3n) is 3.43. The van der Waals surface area contributed by atoms with Crippen LogP contribution in [0.2, 0.25) is 0 Å². The van der Waals surface area contributed by atoms with Crippen molar-refractivity contribution in [3.8, 4) is 0 Å². The Balaban J connectivity index is 1.76. The van der Waals surface area contributed by atoms with Crippen molar-refractivity contribution in [2.24, 2.45) is 11.8 Å². The van der Waals surface area contributed by atoms with Gasteiger partial charge >= 0.3 is 0 Å². The second-order valence-corrected chi connectivity index (χ2v) is 5.66. The molecule has 80 valence electrons. The Labute approximate surface area is 103 Å². The molecule has 4 heteroatoms. The van der Waals surface area contributed by atoms with E-state index in [9.17, 15) is 0 Å². The van der Waals surface area contributed by atoms with Crippen LogP contribution in [0, 0.1) is 15.4 Å². The minimum absolute atomic E-state index is 0.839. The zero-order valence-electron chi connectivity index (χ0n) is 8.49. The minimum atomic E-state index is 0.839. The van der Waals surface area contributed by atoms with Crippen LogP contribution in [0.4, 0.5) is 5.82 Å². The van der Waals surface area contributed by atoms with Crippen molar-refractivity contribution < 1.29 is 0 Å². The van der Waals surface area contributed by atoms with Crippen molar-refractivity contribution in [2.45, 2.75) is 0 Å². The Bertz CT molecular complexity index is 339. The summed E-state index contributed by atoms with van der Waals surface area (Å²) in [4.78, 5) is 6.91. The maximum absolute atomic E-state index is 4.49. The highest BCUT2D eigenvalue weighted by Gasteiger charge is 2.36. The van der Waals surface area contributed by atoms with Crippen LogP contribution in [0.3, 0.4) is 0 Å². The average Bonchev–Trinajstić information content (AvgIpc) is 2.78. The third kappa shape index (κ3) is 1.85. The second-order valence-electron chi connectivity index (χ2n) is 4.42. The molecule has 0 bridgehead atoms. The van der Waals surface area contributed by atoms with Crippen LogP contribution in [0.15, 0.2) is 18.3 Å². The summed E-state index contributed by atoms with van der Waals surface area (Å²) in [7, 11) is 0. The first kappa shape index (κ1) is 9.84. The summed E-state index contributed by atoms with van der Waals surface area (Å²) < 4.78 is 1.21. The standard InChI is InChI=1S/C11H14IN3/c12-10-1-2-11(14-5-10)15-6-8-3-13-4-9(8)7-15/h1-2,5,8-9,13H,3-4,6-7H2/t8-,9+. The summed E-state index contributed by atoms with van der Waals surface area (Å²) in [6.07, 6.45) is 1.95. The van der Waals surface area contributed by atoms with Gasteiger partial charge in [-0.3, -0.25) is 0 Å². The van der Waals surface area contributed by atoms with E-state index >= 15 is 0 Å². The summed E-state index contributed by atoms with van der Waals surface area (Å²) >= 11 is 2.30. The average molecular weight is 315 g/mol. The van der Waals surface area contributed by atoms with Crippen molar-refractivity contribution >= 4 is 28.4 Å². The van der Waals surface area contributed by atoms with Crippen LogP contribution in [0.5, 0.6) is 0 Å². The Morgan fingerprint density at radius 1 is 1.27 bits per heavy atom. The number of anilines is 1. The molecule has 1 aromatic rings. The van der Waals surface area contributed by atoms with E-state index in [1.165, 1.54) is 29.7 Å². The molecule has 0 radical (unpaired) electrons. The van der Waals surface area contributed by atoms with E-state index in [0.717, 1.165) is 17.7 Å². The molecule has 0 saturated carbocycles. The minimum Gasteiger partial charge on any atom is -0.356 e. The van der Waals surface area contributed by atoms with Gasteiger partial charge in [0.1, 0.15) is 5.82 Å². The van der Waals surface area contributed by atoms with Crippen LogP contribution < -0.4 is 10.2 Å². The predicted octanol–water partition coefficient (Wildman–Crippen LogP) is 1.34. The maximum atomic E-state index is 4.49. The summed E-state index contributed by atoms with van der Waals surface area (Å²) in [6, 6.07) is 4.27. The Kier molecular flexibility index (Phi) is 2.56. The predicted molar refractivity (Wildman–Crippen MR) is 69.0 cm³/mol. The van der Waals surface area contributed by atoms with Crippen molar-refractivity contribution in [3.63, 3.8) is 0 Å². The summed E-state index contributed by atoms with van der Waals surface area (Å²) in [5.74, 6) is 2.82. The van der Waals surface area contributed by atoms with Gasteiger partial charge in [0.15, 0.2) is 0 Å². The lowest BCUT2D eigenvalue weighted by atomic mass is 10.0. The molecule has 1 aromatic heterocycles. The summed E-state index contributed by atoms with van der Waals surface area (Å²) in [5, 5.41) is 3.46. The van der Waals surface area contributed by atoms with Crippen molar-refractivity contribution in [2.75, 3.05) is 31.1 Å². The van der Waals surface area contributed by atoms with Gasteiger partial charge in [-0.1, -0.05) is 0 Å². The van der Waals surface area contributed by atoms with Crippen LogP contribution in [-0.2, 0) is 0 Å². The van der Waals surface area contributed by atoms with E-state index in [2.05, 4.69) is 49.9 Å². The molecular weight excluding hydrogens is 301 g/mol. The van der Waals surface area contributed by atoms with Crippen LogP contribution in [-0.4, -0.2) is 31.2 Å². The first-order chi connectivity index (χ1) is 7.33. The smallest absolute Gasteiger partial charge is 0.128 e. The molecule has 0 aliphatic carbocycles. The topological polar surface area (TPSA) is 28.2 Å². The molecule has 0 aromatic carbocycles. The molecular formula is C11H14IN3. The van der Waals surface area contributed by atoms with E-state index in [1.54, 1.807) is 0 Å². The van der Waals surface area contributed by atoms with Gasteiger partial charge in [0.2, 0.25) is 0 Å². The lowest BCUT2D eigenvalue weighted by molar-refractivity contribution is 0.533. The van der Waals surface area contributed by atoms with Gasteiger partial charge in [0.25, 0.3) is 0 Å². The molecule has 0 spiro atoms. The third-order valence-corrected chi connectivity index (χ3v) is 4.06.